The number of likely N-dealkylation sites (tertiary alicyclic amines) is 1. The topological polar surface area (TPSA) is 18.5 Å². The van der Waals surface area contributed by atoms with Crippen LogP contribution in [0.25, 0.3) is 0 Å². The van der Waals surface area contributed by atoms with Crippen LogP contribution in [0.4, 0.5) is 0 Å². The van der Waals surface area contributed by atoms with Gasteiger partial charge in [-0.1, -0.05) is 29.8 Å². The van der Waals surface area contributed by atoms with E-state index in [0.29, 0.717) is 0 Å². The molecule has 1 aromatic carbocycles. The molecule has 1 aliphatic heterocycles. The molecule has 2 rings (SSSR count). The van der Waals surface area contributed by atoms with E-state index in [0.717, 1.165) is 30.2 Å². The van der Waals surface area contributed by atoms with E-state index in [1.807, 2.05) is 18.2 Å². The molecule has 4 heteroatoms. The monoisotopic (exact) mass is 267 g/mol. The Bertz CT molecular complexity index is 364. The van der Waals surface area contributed by atoms with Gasteiger partial charge in [-0.2, -0.15) is 0 Å². The molecule has 0 spiro atoms. The average Bonchev–Trinajstić information content (AvgIpc) is 2.85. The zero-order chi connectivity index (χ0) is 12.8. The average molecular weight is 268 g/mol. The summed E-state index contributed by atoms with van der Waals surface area (Å²) in [5.41, 5.74) is 4.58. The van der Waals surface area contributed by atoms with Crippen LogP contribution in [0.3, 0.4) is 0 Å². The Morgan fingerprint density at radius 3 is 2.72 bits per heavy atom. The van der Waals surface area contributed by atoms with Crippen molar-refractivity contribution in [2.75, 3.05) is 33.2 Å². The summed E-state index contributed by atoms with van der Waals surface area (Å²) in [6.07, 6.45) is 2.71. The molecule has 0 aromatic heterocycles. The van der Waals surface area contributed by atoms with Gasteiger partial charge in [0.2, 0.25) is 0 Å². The molecule has 0 radical (unpaired) electrons. The van der Waals surface area contributed by atoms with E-state index in [1.165, 1.54) is 25.9 Å². The standard InChI is InChI=1S/C14H22ClN3/c1-17(12-13-6-2-3-7-14(13)15)16-8-11-18-9-4-5-10-18/h2-3,6-7,16H,4-5,8-12H2,1H3. The van der Waals surface area contributed by atoms with Crippen LogP contribution >= 0.6 is 11.6 Å². The van der Waals surface area contributed by atoms with Crippen molar-refractivity contribution in [1.82, 2.24) is 15.3 Å². The van der Waals surface area contributed by atoms with E-state index in [2.05, 4.69) is 28.4 Å². The van der Waals surface area contributed by atoms with E-state index < -0.39 is 0 Å². The second-order valence-corrected chi connectivity index (χ2v) is 5.31. The van der Waals surface area contributed by atoms with Gasteiger partial charge >= 0.3 is 0 Å². The van der Waals surface area contributed by atoms with Crippen LogP contribution in [0.15, 0.2) is 24.3 Å². The highest BCUT2D eigenvalue weighted by Gasteiger charge is 2.10. The molecule has 1 heterocycles. The normalized spacial score (nSPS) is 16.6. The summed E-state index contributed by atoms with van der Waals surface area (Å²) < 4.78 is 0. The van der Waals surface area contributed by atoms with Gasteiger partial charge in [-0.25, -0.2) is 5.01 Å². The summed E-state index contributed by atoms with van der Waals surface area (Å²) in [5.74, 6) is 0. The fraction of sp³-hybridized carbons (Fsp3) is 0.571. The third kappa shape index (κ3) is 4.25. The van der Waals surface area contributed by atoms with Crippen LogP contribution in [0, 0.1) is 0 Å². The zero-order valence-electron chi connectivity index (χ0n) is 11.0. The second kappa shape index (κ2) is 7.10. The summed E-state index contributed by atoms with van der Waals surface area (Å²) in [6.45, 7) is 5.49. The molecule has 1 fully saturated rings. The molecular formula is C14H22ClN3. The number of hydrogen-bond acceptors (Lipinski definition) is 3. The van der Waals surface area contributed by atoms with Gasteiger partial charge in [-0.15, -0.1) is 0 Å². The summed E-state index contributed by atoms with van der Waals surface area (Å²) >= 11 is 6.14. The van der Waals surface area contributed by atoms with E-state index in [-0.39, 0.29) is 0 Å². The van der Waals surface area contributed by atoms with E-state index in [1.54, 1.807) is 0 Å². The molecule has 1 aromatic rings. The van der Waals surface area contributed by atoms with Crippen LogP contribution in [0.5, 0.6) is 0 Å². The van der Waals surface area contributed by atoms with Crippen LogP contribution in [-0.2, 0) is 6.54 Å². The summed E-state index contributed by atoms with van der Waals surface area (Å²) in [7, 11) is 2.06. The quantitative estimate of drug-likeness (QED) is 0.799. The maximum atomic E-state index is 6.14. The molecule has 1 N–H and O–H groups in total. The minimum absolute atomic E-state index is 0.833. The van der Waals surface area contributed by atoms with Gasteiger partial charge < -0.3 is 4.90 Å². The van der Waals surface area contributed by atoms with Gasteiger partial charge in [0.1, 0.15) is 0 Å². The van der Waals surface area contributed by atoms with Crippen LogP contribution in [0.2, 0.25) is 5.02 Å². The summed E-state index contributed by atoms with van der Waals surface area (Å²) in [6, 6.07) is 8.00. The maximum absolute atomic E-state index is 6.14. The number of hydrazine groups is 1. The lowest BCUT2D eigenvalue weighted by atomic mass is 10.2. The Balaban J connectivity index is 1.68. The maximum Gasteiger partial charge on any atom is 0.0451 e. The number of halogens is 1. The van der Waals surface area contributed by atoms with Gasteiger partial charge in [-0.05, 0) is 37.6 Å². The van der Waals surface area contributed by atoms with Crippen molar-refractivity contribution < 1.29 is 0 Å². The van der Waals surface area contributed by atoms with Crippen molar-refractivity contribution in [3.05, 3.63) is 34.9 Å². The van der Waals surface area contributed by atoms with Gasteiger partial charge in [0, 0.05) is 31.7 Å². The predicted molar refractivity (Wildman–Crippen MR) is 76.6 cm³/mol. The molecule has 0 bridgehead atoms. The third-order valence-corrected chi connectivity index (χ3v) is 3.74. The van der Waals surface area contributed by atoms with Crippen molar-refractivity contribution in [2.45, 2.75) is 19.4 Å². The highest BCUT2D eigenvalue weighted by Crippen LogP contribution is 2.15. The van der Waals surface area contributed by atoms with Crippen molar-refractivity contribution in [1.29, 1.82) is 0 Å². The first-order valence-electron chi connectivity index (χ1n) is 6.66. The van der Waals surface area contributed by atoms with Crippen molar-refractivity contribution in [3.8, 4) is 0 Å². The van der Waals surface area contributed by atoms with Gasteiger partial charge in [0.15, 0.2) is 0 Å². The van der Waals surface area contributed by atoms with Crippen LogP contribution in [-0.4, -0.2) is 43.1 Å². The molecule has 1 aliphatic rings. The third-order valence-electron chi connectivity index (χ3n) is 3.37. The first kappa shape index (κ1) is 13.8. The van der Waals surface area contributed by atoms with Gasteiger partial charge in [0.25, 0.3) is 0 Å². The van der Waals surface area contributed by atoms with E-state index >= 15 is 0 Å². The van der Waals surface area contributed by atoms with Crippen LogP contribution < -0.4 is 5.43 Å². The molecule has 18 heavy (non-hydrogen) atoms. The van der Waals surface area contributed by atoms with E-state index in [9.17, 15) is 0 Å². The Morgan fingerprint density at radius 1 is 1.28 bits per heavy atom. The minimum Gasteiger partial charge on any atom is -0.302 e. The Kier molecular flexibility index (Phi) is 5.45. The first-order valence-corrected chi connectivity index (χ1v) is 7.04. The van der Waals surface area contributed by atoms with Crippen molar-refractivity contribution >= 4 is 11.6 Å². The highest BCUT2D eigenvalue weighted by atomic mass is 35.5. The Labute approximate surface area is 115 Å². The Morgan fingerprint density at radius 2 is 2.00 bits per heavy atom. The number of hydrogen-bond donors (Lipinski definition) is 1. The molecule has 1 saturated heterocycles. The number of rotatable bonds is 6. The van der Waals surface area contributed by atoms with Crippen molar-refractivity contribution in [2.24, 2.45) is 0 Å². The lowest BCUT2D eigenvalue weighted by Gasteiger charge is -2.21. The molecule has 100 valence electrons. The van der Waals surface area contributed by atoms with Crippen LogP contribution in [0.1, 0.15) is 18.4 Å². The SMILES string of the molecule is CN(Cc1ccccc1Cl)NCCN1CCCC1. The highest BCUT2D eigenvalue weighted by molar-refractivity contribution is 6.31. The minimum atomic E-state index is 0.833. The molecule has 0 aliphatic carbocycles. The largest absolute Gasteiger partial charge is 0.302 e. The predicted octanol–water partition coefficient (Wildman–Crippen LogP) is 2.37. The Hall–Kier alpha value is -0.610. The first-order chi connectivity index (χ1) is 8.75. The van der Waals surface area contributed by atoms with E-state index in [4.69, 9.17) is 11.6 Å². The lowest BCUT2D eigenvalue weighted by molar-refractivity contribution is 0.207. The fourth-order valence-corrected chi connectivity index (χ4v) is 2.54. The fourth-order valence-electron chi connectivity index (χ4n) is 2.34. The van der Waals surface area contributed by atoms with Crippen molar-refractivity contribution in [3.63, 3.8) is 0 Å². The second-order valence-electron chi connectivity index (χ2n) is 4.90. The number of benzene rings is 1. The van der Waals surface area contributed by atoms with Gasteiger partial charge in [-0.3, -0.25) is 5.43 Å². The lowest BCUT2D eigenvalue weighted by Crippen LogP contribution is -2.39. The smallest absolute Gasteiger partial charge is 0.0451 e. The summed E-state index contributed by atoms with van der Waals surface area (Å²) in [4.78, 5) is 2.51. The number of nitrogens with one attached hydrogen (secondary N) is 1. The zero-order valence-corrected chi connectivity index (χ0v) is 11.8. The van der Waals surface area contributed by atoms with Gasteiger partial charge in [0.05, 0.1) is 0 Å². The molecule has 0 saturated carbocycles. The molecule has 0 amide bonds. The molecule has 3 nitrogen and oxygen atoms in total. The molecule has 0 unspecified atom stereocenters. The molecular weight excluding hydrogens is 246 g/mol. The number of nitrogens with zero attached hydrogens (tertiary/aromatic N) is 2. The molecule has 0 atom stereocenters. The summed E-state index contributed by atoms with van der Waals surface area (Å²) in [5, 5.41) is 2.95.